The number of aromatic hydroxyl groups is 1. The summed E-state index contributed by atoms with van der Waals surface area (Å²) in [6.45, 7) is 14.7. The van der Waals surface area contributed by atoms with E-state index in [1.807, 2.05) is 19.1 Å². The van der Waals surface area contributed by atoms with Crippen molar-refractivity contribution in [3.63, 3.8) is 0 Å². The van der Waals surface area contributed by atoms with Crippen LogP contribution in [-0.4, -0.2) is 11.0 Å². The van der Waals surface area contributed by atoms with Gasteiger partial charge < -0.3 is 10.4 Å². The monoisotopic (exact) mass is 303 g/mol. The van der Waals surface area contributed by atoms with Crippen LogP contribution < -0.4 is 5.32 Å². The van der Waals surface area contributed by atoms with E-state index >= 15 is 0 Å². The molecule has 0 heterocycles. The number of amides is 1. The van der Waals surface area contributed by atoms with Gasteiger partial charge in [-0.05, 0) is 52.7 Å². The molecule has 1 aromatic rings. The van der Waals surface area contributed by atoms with Crippen molar-refractivity contribution >= 4 is 5.91 Å². The molecule has 1 aromatic carbocycles. The van der Waals surface area contributed by atoms with Crippen LogP contribution in [0.1, 0.15) is 65.2 Å². The molecule has 3 nitrogen and oxygen atoms in total. The molecular formula is C19H29NO2. The first kappa shape index (κ1) is 18.3. The molecule has 0 unspecified atom stereocenters. The second-order valence-corrected chi connectivity index (χ2v) is 7.76. The van der Waals surface area contributed by atoms with Gasteiger partial charge in [-0.25, -0.2) is 0 Å². The van der Waals surface area contributed by atoms with Crippen molar-refractivity contribution in [2.45, 2.75) is 65.8 Å². The van der Waals surface area contributed by atoms with Crippen LogP contribution in [0.5, 0.6) is 5.75 Å². The van der Waals surface area contributed by atoms with Crippen LogP contribution in [0.4, 0.5) is 0 Å². The van der Waals surface area contributed by atoms with Gasteiger partial charge in [-0.3, -0.25) is 4.79 Å². The number of carbonyl (C=O) groups excluding carboxylic acids is 1. The fourth-order valence-electron chi connectivity index (χ4n) is 2.34. The van der Waals surface area contributed by atoms with E-state index in [1.54, 1.807) is 6.08 Å². The number of nitrogens with one attached hydrogen (secondary N) is 1. The molecule has 0 fully saturated rings. The number of hydrogen-bond acceptors (Lipinski definition) is 2. The first-order valence-corrected chi connectivity index (χ1v) is 7.74. The summed E-state index contributed by atoms with van der Waals surface area (Å²) in [6, 6.07) is 3.97. The van der Waals surface area contributed by atoms with E-state index in [0.29, 0.717) is 12.3 Å². The van der Waals surface area contributed by atoms with Crippen molar-refractivity contribution in [3.8, 4) is 5.75 Å². The van der Waals surface area contributed by atoms with Gasteiger partial charge in [0.2, 0.25) is 5.91 Å². The largest absolute Gasteiger partial charge is 0.507 e. The van der Waals surface area contributed by atoms with Gasteiger partial charge in [-0.2, -0.15) is 0 Å². The van der Waals surface area contributed by atoms with Gasteiger partial charge in [-0.15, -0.1) is 0 Å². The lowest BCUT2D eigenvalue weighted by Crippen LogP contribution is -2.22. The zero-order valence-electron chi connectivity index (χ0n) is 14.9. The van der Waals surface area contributed by atoms with Crippen molar-refractivity contribution in [1.29, 1.82) is 0 Å². The fraction of sp³-hybridized carbons (Fsp3) is 0.526. The van der Waals surface area contributed by atoms with Crippen LogP contribution in [0.2, 0.25) is 0 Å². The number of phenols is 1. The number of rotatable bonds is 3. The summed E-state index contributed by atoms with van der Waals surface area (Å²) in [6.07, 6.45) is 3.23. The Balaban J connectivity index is 3.27. The highest BCUT2D eigenvalue weighted by atomic mass is 16.3. The van der Waals surface area contributed by atoms with Gasteiger partial charge in [0.15, 0.2) is 0 Å². The fourth-order valence-corrected chi connectivity index (χ4v) is 2.34. The summed E-state index contributed by atoms with van der Waals surface area (Å²) in [5.74, 6) is 0.258. The third kappa shape index (κ3) is 4.62. The molecule has 3 heteroatoms. The molecule has 0 bridgehead atoms. The van der Waals surface area contributed by atoms with E-state index in [4.69, 9.17) is 0 Å². The predicted octanol–water partition coefficient (Wildman–Crippen LogP) is 4.18. The van der Waals surface area contributed by atoms with Gasteiger partial charge in [0, 0.05) is 6.54 Å². The topological polar surface area (TPSA) is 49.3 Å². The molecule has 0 spiro atoms. The Bertz CT molecular complexity index is 537. The maximum atomic E-state index is 11.6. The summed E-state index contributed by atoms with van der Waals surface area (Å²) in [5, 5.41) is 13.5. The van der Waals surface area contributed by atoms with Crippen molar-refractivity contribution in [3.05, 3.63) is 41.0 Å². The Morgan fingerprint density at radius 1 is 1.09 bits per heavy atom. The molecule has 1 rings (SSSR count). The highest BCUT2D eigenvalue weighted by Gasteiger charge is 2.26. The van der Waals surface area contributed by atoms with Gasteiger partial charge in [-0.1, -0.05) is 47.6 Å². The lowest BCUT2D eigenvalue weighted by Gasteiger charge is -2.28. The Morgan fingerprint density at radius 2 is 1.55 bits per heavy atom. The van der Waals surface area contributed by atoms with E-state index in [2.05, 4.69) is 46.9 Å². The summed E-state index contributed by atoms with van der Waals surface area (Å²) < 4.78 is 0. The van der Waals surface area contributed by atoms with Crippen LogP contribution in [-0.2, 0) is 22.2 Å². The van der Waals surface area contributed by atoms with Crippen molar-refractivity contribution in [2.75, 3.05) is 0 Å². The minimum absolute atomic E-state index is 0.106. The molecule has 0 atom stereocenters. The third-order valence-corrected chi connectivity index (χ3v) is 3.57. The minimum Gasteiger partial charge on any atom is -0.507 e. The van der Waals surface area contributed by atoms with E-state index < -0.39 is 0 Å². The quantitative estimate of drug-likeness (QED) is 0.823. The predicted molar refractivity (Wildman–Crippen MR) is 92.2 cm³/mol. The minimum atomic E-state index is -0.159. The standard InChI is InChI=1S/C19H29NO2/c1-8-9-16(21)20-12-13-10-14(18(2,3)4)17(22)15(11-13)19(5,6)7/h8-11,22H,12H2,1-7H3,(H,20,21). The number of phenolic OH excluding ortho intramolecular Hbond substituents is 1. The molecule has 2 N–H and O–H groups in total. The molecule has 0 saturated heterocycles. The summed E-state index contributed by atoms with van der Waals surface area (Å²) in [5.41, 5.74) is 2.51. The van der Waals surface area contributed by atoms with Crippen molar-refractivity contribution in [2.24, 2.45) is 0 Å². The maximum absolute atomic E-state index is 11.6. The van der Waals surface area contributed by atoms with E-state index in [0.717, 1.165) is 16.7 Å². The molecule has 0 saturated carbocycles. The van der Waals surface area contributed by atoms with Crippen LogP contribution >= 0.6 is 0 Å². The highest BCUT2D eigenvalue weighted by Crippen LogP contribution is 2.39. The zero-order valence-corrected chi connectivity index (χ0v) is 14.9. The highest BCUT2D eigenvalue weighted by molar-refractivity contribution is 5.87. The molecule has 0 aliphatic heterocycles. The first-order valence-electron chi connectivity index (χ1n) is 7.74. The Kier molecular flexibility index (Phi) is 5.44. The normalized spacial score (nSPS) is 12.7. The lowest BCUT2D eigenvalue weighted by atomic mass is 9.78. The maximum Gasteiger partial charge on any atom is 0.243 e. The van der Waals surface area contributed by atoms with Crippen molar-refractivity contribution < 1.29 is 9.90 Å². The molecule has 22 heavy (non-hydrogen) atoms. The number of benzene rings is 1. The molecule has 0 aliphatic rings. The van der Waals surface area contributed by atoms with E-state index in [-0.39, 0.29) is 16.7 Å². The lowest BCUT2D eigenvalue weighted by molar-refractivity contribution is -0.116. The Labute approximate surface area is 134 Å². The number of allylic oxidation sites excluding steroid dienone is 1. The molecule has 1 amide bonds. The number of carbonyl (C=O) groups is 1. The van der Waals surface area contributed by atoms with Crippen LogP contribution in [0.3, 0.4) is 0 Å². The van der Waals surface area contributed by atoms with Gasteiger partial charge in [0.1, 0.15) is 5.75 Å². The smallest absolute Gasteiger partial charge is 0.243 e. The van der Waals surface area contributed by atoms with Crippen LogP contribution in [0.15, 0.2) is 24.3 Å². The summed E-state index contributed by atoms with van der Waals surface area (Å²) in [7, 11) is 0. The van der Waals surface area contributed by atoms with Gasteiger partial charge in [0.25, 0.3) is 0 Å². The SMILES string of the molecule is CC=CC(=O)NCc1cc(C(C)(C)C)c(O)c(C(C)(C)C)c1. The average molecular weight is 303 g/mol. The molecule has 122 valence electrons. The second kappa shape index (κ2) is 6.55. The average Bonchev–Trinajstić information content (AvgIpc) is 2.35. The second-order valence-electron chi connectivity index (χ2n) is 7.76. The van der Waals surface area contributed by atoms with E-state index in [9.17, 15) is 9.90 Å². The van der Waals surface area contributed by atoms with Crippen LogP contribution in [0, 0.1) is 0 Å². The Hall–Kier alpha value is -1.77. The first-order chi connectivity index (χ1) is 9.96. The Morgan fingerprint density at radius 3 is 1.91 bits per heavy atom. The van der Waals surface area contributed by atoms with Gasteiger partial charge in [0.05, 0.1) is 0 Å². The summed E-state index contributed by atoms with van der Waals surface area (Å²) >= 11 is 0. The molecule has 0 aromatic heterocycles. The molecule has 0 aliphatic carbocycles. The third-order valence-electron chi connectivity index (χ3n) is 3.57. The number of hydrogen-bond donors (Lipinski definition) is 2. The van der Waals surface area contributed by atoms with Crippen LogP contribution in [0.25, 0.3) is 0 Å². The van der Waals surface area contributed by atoms with E-state index in [1.165, 1.54) is 6.08 Å². The van der Waals surface area contributed by atoms with Crippen molar-refractivity contribution in [1.82, 2.24) is 5.32 Å². The molecular weight excluding hydrogens is 274 g/mol. The summed E-state index contributed by atoms with van der Waals surface area (Å²) in [4.78, 5) is 11.6. The zero-order chi connectivity index (χ0) is 17.1. The molecule has 0 radical (unpaired) electrons. The van der Waals surface area contributed by atoms with Gasteiger partial charge >= 0.3 is 0 Å².